The van der Waals surface area contributed by atoms with Gasteiger partial charge in [-0.1, -0.05) is 31.5 Å². The number of hydrogen-bond acceptors (Lipinski definition) is 3. The number of nitrogens with one attached hydrogen (secondary N) is 1. The van der Waals surface area contributed by atoms with Crippen LogP contribution in [-0.4, -0.2) is 33.9 Å². The number of rotatable bonds is 6. The maximum Gasteiger partial charge on any atom is 0.254 e. The van der Waals surface area contributed by atoms with Crippen LogP contribution in [0.4, 0.5) is 0 Å². The highest BCUT2D eigenvalue weighted by Gasteiger charge is 2.20. The average molecular weight is 301 g/mol. The van der Waals surface area contributed by atoms with Crippen molar-refractivity contribution in [3.8, 4) is 5.69 Å². The van der Waals surface area contributed by atoms with Gasteiger partial charge in [0.05, 0.1) is 23.1 Å². The Morgan fingerprint density at radius 1 is 1.32 bits per heavy atom. The van der Waals surface area contributed by atoms with Crippen LogP contribution in [0, 0.1) is 6.92 Å². The van der Waals surface area contributed by atoms with Gasteiger partial charge >= 0.3 is 0 Å². The molecule has 22 heavy (non-hydrogen) atoms. The van der Waals surface area contributed by atoms with E-state index < -0.39 is 0 Å². The first-order valence-corrected chi connectivity index (χ1v) is 7.58. The number of carbonyl (C=O) groups excluding carboxylic acids is 1. The summed E-state index contributed by atoms with van der Waals surface area (Å²) in [6.07, 6.45) is 2.17. The molecular weight excluding hydrogens is 278 g/mol. The molecule has 1 amide bonds. The van der Waals surface area contributed by atoms with Gasteiger partial charge in [0.15, 0.2) is 0 Å². The van der Waals surface area contributed by atoms with Crippen molar-refractivity contribution in [2.45, 2.75) is 33.1 Å². The van der Waals surface area contributed by atoms with E-state index in [-0.39, 0.29) is 18.4 Å². The maximum atomic E-state index is 12.3. The summed E-state index contributed by atoms with van der Waals surface area (Å²) in [5.74, 6) is 0.0258. The minimum Gasteiger partial charge on any atom is -0.396 e. The molecule has 2 aromatic rings. The summed E-state index contributed by atoms with van der Waals surface area (Å²) >= 11 is 0. The van der Waals surface area contributed by atoms with E-state index in [1.54, 1.807) is 6.20 Å². The van der Waals surface area contributed by atoms with Gasteiger partial charge < -0.3 is 10.4 Å². The second-order valence-electron chi connectivity index (χ2n) is 5.68. The third-order valence-corrected chi connectivity index (χ3v) is 3.50. The Morgan fingerprint density at radius 2 is 2.00 bits per heavy atom. The Bertz CT molecular complexity index is 630. The van der Waals surface area contributed by atoms with Crippen LogP contribution in [0.25, 0.3) is 5.69 Å². The normalized spacial score (nSPS) is 11.0. The second-order valence-corrected chi connectivity index (χ2v) is 5.68. The van der Waals surface area contributed by atoms with Crippen LogP contribution in [0.15, 0.2) is 30.5 Å². The number of amides is 1. The molecule has 0 fully saturated rings. The Morgan fingerprint density at radius 3 is 2.59 bits per heavy atom. The summed E-state index contributed by atoms with van der Waals surface area (Å²) in [5, 5.41) is 16.0. The van der Waals surface area contributed by atoms with Crippen molar-refractivity contribution in [2.24, 2.45) is 0 Å². The first-order chi connectivity index (χ1) is 10.5. The summed E-state index contributed by atoms with van der Waals surface area (Å²) < 4.78 is 1.82. The summed E-state index contributed by atoms with van der Waals surface area (Å²) in [6.45, 7) is 6.66. The molecule has 0 aliphatic rings. The molecule has 0 saturated carbocycles. The Balaban J connectivity index is 2.33. The standard InChI is InChI=1S/C17H23N3O2/c1-12(2)16-15(17(22)18-9-4-10-21)11-19-20(16)14-7-5-13(3)6-8-14/h5-8,11-12,21H,4,9-10H2,1-3H3,(H,18,22). The molecule has 5 heteroatoms. The van der Waals surface area contributed by atoms with E-state index in [0.29, 0.717) is 18.5 Å². The van der Waals surface area contributed by atoms with Crippen LogP contribution in [0.3, 0.4) is 0 Å². The lowest BCUT2D eigenvalue weighted by atomic mass is 10.0. The van der Waals surface area contributed by atoms with Gasteiger partial charge in [-0.3, -0.25) is 4.79 Å². The zero-order valence-corrected chi connectivity index (χ0v) is 13.3. The van der Waals surface area contributed by atoms with Gasteiger partial charge in [-0.15, -0.1) is 0 Å². The first-order valence-electron chi connectivity index (χ1n) is 7.58. The maximum absolute atomic E-state index is 12.3. The van der Waals surface area contributed by atoms with Crippen LogP contribution in [-0.2, 0) is 0 Å². The molecule has 0 radical (unpaired) electrons. The zero-order chi connectivity index (χ0) is 16.1. The third-order valence-electron chi connectivity index (χ3n) is 3.50. The summed E-state index contributed by atoms with van der Waals surface area (Å²) in [6, 6.07) is 8.06. The molecule has 2 N–H and O–H groups in total. The van der Waals surface area contributed by atoms with E-state index in [1.807, 2.05) is 49.7 Å². The van der Waals surface area contributed by atoms with Crippen LogP contribution in [0.2, 0.25) is 0 Å². The number of hydrogen-bond donors (Lipinski definition) is 2. The largest absolute Gasteiger partial charge is 0.396 e. The van der Waals surface area contributed by atoms with Gasteiger partial charge in [0.2, 0.25) is 0 Å². The molecule has 0 aliphatic carbocycles. The van der Waals surface area contributed by atoms with E-state index in [4.69, 9.17) is 5.11 Å². The molecule has 0 spiro atoms. The van der Waals surface area contributed by atoms with E-state index in [2.05, 4.69) is 10.4 Å². The van der Waals surface area contributed by atoms with Crippen LogP contribution < -0.4 is 5.32 Å². The van der Waals surface area contributed by atoms with Gasteiger partial charge in [-0.2, -0.15) is 5.10 Å². The summed E-state index contributed by atoms with van der Waals surface area (Å²) in [7, 11) is 0. The number of carbonyl (C=O) groups is 1. The van der Waals surface area contributed by atoms with Crippen molar-refractivity contribution < 1.29 is 9.90 Å². The topological polar surface area (TPSA) is 67.2 Å². The first kappa shape index (κ1) is 16.2. The van der Waals surface area contributed by atoms with Crippen molar-refractivity contribution in [2.75, 3.05) is 13.2 Å². The molecule has 2 rings (SSSR count). The highest BCUT2D eigenvalue weighted by Crippen LogP contribution is 2.23. The fraction of sp³-hybridized carbons (Fsp3) is 0.412. The van der Waals surface area contributed by atoms with E-state index in [9.17, 15) is 4.79 Å². The monoisotopic (exact) mass is 301 g/mol. The fourth-order valence-corrected chi connectivity index (χ4v) is 2.36. The summed E-state index contributed by atoms with van der Waals surface area (Å²) in [4.78, 5) is 12.3. The Kier molecular flexibility index (Phi) is 5.33. The molecule has 1 aromatic heterocycles. The molecule has 0 aliphatic heterocycles. The highest BCUT2D eigenvalue weighted by atomic mass is 16.3. The van der Waals surface area contributed by atoms with Crippen molar-refractivity contribution in [1.82, 2.24) is 15.1 Å². The van der Waals surface area contributed by atoms with E-state index >= 15 is 0 Å². The van der Waals surface area contributed by atoms with Crippen molar-refractivity contribution >= 4 is 5.91 Å². The fourth-order valence-electron chi connectivity index (χ4n) is 2.36. The SMILES string of the molecule is Cc1ccc(-n2ncc(C(=O)NCCCO)c2C(C)C)cc1. The molecule has 1 heterocycles. The van der Waals surface area contributed by atoms with Gasteiger partial charge in [0, 0.05) is 13.2 Å². The van der Waals surface area contributed by atoms with Crippen molar-refractivity contribution in [3.63, 3.8) is 0 Å². The van der Waals surface area contributed by atoms with Gasteiger partial charge in [-0.05, 0) is 31.4 Å². The van der Waals surface area contributed by atoms with Crippen LogP contribution >= 0.6 is 0 Å². The third kappa shape index (κ3) is 3.54. The quantitative estimate of drug-likeness (QED) is 0.805. The molecule has 1 aromatic carbocycles. The minimum absolute atomic E-state index is 0.0694. The van der Waals surface area contributed by atoms with E-state index in [0.717, 1.165) is 11.4 Å². The number of aliphatic hydroxyl groups is 1. The molecular formula is C17H23N3O2. The van der Waals surface area contributed by atoms with Crippen molar-refractivity contribution in [3.05, 3.63) is 47.3 Å². The Labute approximate surface area is 131 Å². The number of benzene rings is 1. The Hall–Kier alpha value is -2.14. The molecule has 118 valence electrons. The lowest BCUT2D eigenvalue weighted by Crippen LogP contribution is -2.26. The minimum atomic E-state index is -0.143. The lowest BCUT2D eigenvalue weighted by Gasteiger charge is -2.13. The number of aliphatic hydroxyl groups excluding tert-OH is 1. The van der Waals surface area contributed by atoms with Gasteiger partial charge in [0.1, 0.15) is 0 Å². The predicted molar refractivity (Wildman–Crippen MR) is 86.4 cm³/mol. The zero-order valence-electron chi connectivity index (χ0n) is 13.3. The molecule has 0 atom stereocenters. The van der Waals surface area contributed by atoms with Crippen molar-refractivity contribution in [1.29, 1.82) is 0 Å². The lowest BCUT2D eigenvalue weighted by molar-refractivity contribution is 0.0950. The molecule has 0 bridgehead atoms. The van der Waals surface area contributed by atoms with Crippen LogP contribution in [0.1, 0.15) is 47.8 Å². The highest BCUT2D eigenvalue weighted by molar-refractivity contribution is 5.95. The van der Waals surface area contributed by atoms with E-state index in [1.165, 1.54) is 5.56 Å². The van der Waals surface area contributed by atoms with Crippen LogP contribution in [0.5, 0.6) is 0 Å². The predicted octanol–water partition coefficient (Wildman–Crippen LogP) is 2.42. The second kappa shape index (κ2) is 7.22. The smallest absolute Gasteiger partial charge is 0.254 e. The molecule has 0 saturated heterocycles. The average Bonchev–Trinajstić information content (AvgIpc) is 2.93. The number of aryl methyl sites for hydroxylation is 1. The number of nitrogens with zero attached hydrogens (tertiary/aromatic N) is 2. The summed E-state index contributed by atoms with van der Waals surface area (Å²) in [5.41, 5.74) is 3.62. The molecule has 0 unspecified atom stereocenters. The van der Waals surface area contributed by atoms with Gasteiger partial charge in [-0.25, -0.2) is 4.68 Å². The van der Waals surface area contributed by atoms with Gasteiger partial charge in [0.25, 0.3) is 5.91 Å². The molecule has 5 nitrogen and oxygen atoms in total. The number of aromatic nitrogens is 2.